The van der Waals surface area contributed by atoms with Crippen LogP contribution in [0.5, 0.6) is 0 Å². The van der Waals surface area contributed by atoms with Gasteiger partial charge < -0.3 is 10.4 Å². The Morgan fingerprint density at radius 1 is 1.41 bits per heavy atom. The molecule has 1 amide bonds. The first-order valence-corrected chi connectivity index (χ1v) is 13.6. The summed E-state index contributed by atoms with van der Waals surface area (Å²) in [7, 11) is -3.74. The molecule has 19 heteroatoms. The maximum Gasteiger partial charge on any atom is 0.389 e. The van der Waals surface area contributed by atoms with Crippen molar-refractivity contribution in [1.82, 2.24) is 30.4 Å². The standard InChI is InChI=1S/C15H18F3N7O5S4/c16-15(17,18)2-1-8(31)20-9-11(26)25-10(13(27)28)7(5-32-12(9)25)6-33-14-21-22-23-24(14)3-4-34(19,29)30/h9,12H,1-6H2,(H,20,31)(H,27,28)(H2,19,29,30)/t9?,12-/m1/s1. The third kappa shape index (κ3) is 6.58. The van der Waals surface area contributed by atoms with Crippen LogP contribution < -0.4 is 10.5 Å². The Hall–Kier alpha value is -1.96. The van der Waals surface area contributed by atoms with Crippen molar-refractivity contribution in [3.05, 3.63) is 11.3 Å². The van der Waals surface area contributed by atoms with Crippen molar-refractivity contribution >= 4 is 62.6 Å². The van der Waals surface area contributed by atoms with Gasteiger partial charge in [-0.1, -0.05) is 24.0 Å². The van der Waals surface area contributed by atoms with E-state index in [1.165, 1.54) is 16.4 Å². The van der Waals surface area contributed by atoms with Gasteiger partial charge >= 0.3 is 12.1 Å². The summed E-state index contributed by atoms with van der Waals surface area (Å²) in [5, 5.41) is 27.8. The van der Waals surface area contributed by atoms with Crippen LogP contribution in [-0.4, -0.2) is 90.3 Å². The lowest BCUT2D eigenvalue weighted by atomic mass is 10.0. The number of nitrogens with one attached hydrogen (secondary N) is 1. The molecule has 0 spiro atoms. The van der Waals surface area contributed by atoms with E-state index in [4.69, 9.17) is 17.4 Å². The molecular weight excluding hydrogens is 543 g/mol. The first-order valence-electron chi connectivity index (χ1n) is 9.42. The number of amides is 1. The molecule has 0 bridgehead atoms. The number of nitrogens with two attached hydrogens (primary N) is 1. The first-order chi connectivity index (χ1) is 15.8. The zero-order chi connectivity index (χ0) is 25.3. The molecule has 0 radical (unpaired) electrons. The van der Waals surface area contributed by atoms with Gasteiger partial charge in [0.1, 0.15) is 17.1 Å². The number of aliphatic carboxylic acids is 1. The van der Waals surface area contributed by atoms with Gasteiger partial charge in [0.15, 0.2) is 0 Å². The predicted octanol–water partition coefficient (Wildman–Crippen LogP) is -0.0644. The zero-order valence-electron chi connectivity index (χ0n) is 17.1. The summed E-state index contributed by atoms with van der Waals surface area (Å²) < 4.78 is 60.7. The van der Waals surface area contributed by atoms with Gasteiger partial charge in [-0.05, 0) is 16.0 Å². The number of carboxylic acid groups (broad SMARTS) is 1. The van der Waals surface area contributed by atoms with Crippen molar-refractivity contribution in [3.8, 4) is 0 Å². The summed E-state index contributed by atoms with van der Waals surface area (Å²) in [5.41, 5.74) is 0.190. The van der Waals surface area contributed by atoms with E-state index in [-0.39, 0.29) is 33.9 Å². The quantitative estimate of drug-likeness (QED) is 0.198. The first kappa shape index (κ1) is 26.6. The molecule has 34 heavy (non-hydrogen) atoms. The number of thioether (sulfide) groups is 2. The molecule has 2 aliphatic heterocycles. The maximum atomic E-state index is 12.6. The molecule has 0 saturated carbocycles. The van der Waals surface area contributed by atoms with Gasteiger partial charge in [-0.25, -0.2) is 23.0 Å². The van der Waals surface area contributed by atoms with E-state index in [0.717, 1.165) is 16.7 Å². The highest BCUT2D eigenvalue weighted by molar-refractivity contribution is 8.01. The van der Waals surface area contributed by atoms with E-state index in [1.54, 1.807) is 0 Å². The van der Waals surface area contributed by atoms with E-state index in [9.17, 15) is 36.3 Å². The number of fused-ring (bicyclic) bond motifs is 1. The van der Waals surface area contributed by atoms with Crippen molar-refractivity contribution in [2.24, 2.45) is 5.14 Å². The minimum absolute atomic E-state index is 0.0952. The van der Waals surface area contributed by atoms with Crippen molar-refractivity contribution in [2.75, 3.05) is 17.3 Å². The number of hydrogen-bond acceptors (Lipinski definition) is 10. The van der Waals surface area contributed by atoms with Gasteiger partial charge in [-0.3, -0.25) is 9.69 Å². The normalized spacial score (nSPS) is 20.7. The largest absolute Gasteiger partial charge is 0.477 e. The molecule has 2 atom stereocenters. The second-order valence-electron chi connectivity index (χ2n) is 7.17. The highest BCUT2D eigenvalue weighted by Crippen LogP contribution is 2.41. The van der Waals surface area contributed by atoms with E-state index in [0.29, 0.717) is 5.57 Å². The monoisotopic (exact) mass is 561 g/mol. The van der Waals surface area contributed by atoms with E-state index in [1.807, 2.05) is 0 Å². The molecule has 1 fully saturated rings. The molecule has 188 valence electrons. The third-order valence-electron chi connectivity index (χ3n) is 4.66. The van der Waals surface area contributed by atoms with Gasteiger partial charge in [-0.2, -0.15) is 13.2 Å². The average Bonchev–Trinajstić information content (AvgIpc) is 3.18. The molecule has 3 heterocycles. The number of sulfonamides is 1. The van der Waals surface area contributed by atoms with Gasteiger partial charge in [0.05, 0.1) is 17.3 Å². The van der Waals surface area contributed by atoms with Crippen molar-refractivity contribution in [1.29, 1.82) is 0 Å². The highest BCUT2D eigenvalue weighted by atomic mass is 32.2. The molecule has 1 aromatic rings. The van der Waals surface area contributed by atoms with Gasteiger partial charge in [-0.15, -0.1) is 16.9 Å². The fourth-order valence-corrected chi connectivity index (χ4v) is 6.15. The van der Waals surface area contributed by atoms with E-state index in [2.05, 4.69) is 20.8 Å². The predicted molar refractivity (Wildman–Crippen MR) is 119 cm³/mol. The fraction of sp³-hybridized carbons (Fsp3) is 0.600. The van der Waals surface area contributed by atoms with Crippen LogP contribution in [0.15, 0.2) is 16.4 Å². The Balaban J connectivity index is 1.66. The van der Waals surface area contributed by atoms with Crippen LogP contribution in [0.2, 0.25) is 0 Å². The second-order valence-corrected chi connectivity index (χ2v) is 11.4. The van der Waals surface area contributed by atoms with Crippen LogP contribution >= 0.6 is 35.7 Å². The third-order valence-corrected chi connectivity index (χ3v) is 8.12. The maximum absolute atomic E-state index is 12.6. The number of alkyl halides is 3. The van der Waals surface area contributed by atoms with Crippen LogP contribution in [0.1, 0.15) is 12.8 Å². The molecule has 12 nitrogen and oxygen atoms in total. The number of nitrogens with zero attached hydrogens (tertiary/aromatic N) is 5. The summed E-state index contributed by atoms with van der Waals surface area (Å²) in [5.74, 6) is -2.00. The average molecular weight is 562 g/mol. The molecule has 1 unspecified atom stereocenters. The number of halogens is 3. The van der Waals surface area contributed by atoms with E-state index >= 15 is 0 Å². The summed E-state index contributed by atoms with van der Waals surface area (Å²) >= 11 is 7.21. The van der Waals surface area contributed by atoms with Gasteiger partial charge in [0, 0.05) is 24.3 Å². The van der Waals surface area contributed by atoms with Crippen LogP contribution in [0.4, 0.5) is 13.2 Å². The Bertz CT molecular complexity index is 1120. The summed E-state index contributed by atoms with van der Waals surface area (Å²) in [6.45, 7) is -0.0952. The number of aryl methyl sites for hydroxylation is 1. The fourth-order valence-electron chi connectivity index (χ4n) is 3.10. The topological polar surface area (TPSA) is 173 Å². The molecule has 2 aliphatic rings. The minimum Gasteiger partial charge on any atom is -0.477 e. The van der Waals surface area contributed by atoms with Crippen LogP contribution in [0.3, 0.4) is 0 Å². The summed E-state index contributed by atoms with van der Waals surface area (Å²) in [4.78, 5) is 25.5. The lowest BCUT2D eigenvalue weighted by Crippen LogP contribution is -2.70. The number of carbonyl (C=O) groups excluding carboxylic acids is 1. The number of aromatic nitrogens is 4. The van der Waals surface area contributed by atoms with Crippen molar-refractivity contribution < 1.29 is 36.3 Å². The highest BCUT2D eigenvalue weighted by Gasteiger charge is 2.53. The Morgan fingerprint density at radius 3 is 2.74 bits per heavy atom. The number of primary sulfonamides is 1. The number of hydrogen-bond donors (Lipinski definition) is 3. The number of β-lactam (4-membered cyclic amide) rings is 1. The van der Waals surface area contributed by atoms with Crippen LogP contribution in [0.25, 0.3) is 0 Å². The SMILES string of the molecule is NS(=O)(=O)CCn1nnnc1SCC1=C(C(=O)O)N2C(=O)C(NC(=S)CCC(F)(F)F)[C@H]2SC1. The molecule has 1 saturated heterocycles. The minimum atomic E-state index is -4.38. The van der Waals surface area contributed by atoms with Crippen molar-refractivity contribution in [3.63, 3.8) is 0 Å². The lowest BCUT2D eigenvalue weighted by Gasteiger charge is -2.49. The lowest BCUT2D eigenvalue weighted by molar-refractivity contribution is -0.148. The van der Waals surface area contributed by atoms with Crippen LogP contribution in [-0.2, 0) is 26.2 Å². The number of tetrazole rings is 1. The van der Waals surface area contributed by atoms with Gasteiger partial charge in [0.2, 0.25) is 15.2 Å². The smallest absolute Gasteiger partial charge is 0.389 e. The van der Waals surface area contributed by atoms with Gasteiger partial charge in [0.25, 0.3) is 5.91 Å². The molecular formula is C15H18F3N7O5S4. The number of rotatable bonds is 10. The summed E-state index contributed by atoms with van der Waals surface area (Å²) in [6.07, 6.45) is -5.98. The van der Waals surface area contributed by atoms with Crippen LogP contribution in [0, 0.1) is 0 Å². The van der Waals surface area contributed by atoms with Crippen molar-refractivity contribution in [2.45, 2.75) is 42.1 Å². The molecule has 4 N–H and O–H groups in total. The summed E-state index contributed by atoms with van der Waals surface area (Å²) in [6, 6.07) is -0.917. The second kappa shape index (κ2) is 10.3. The number of carbonyl (C=O) groups is 2. The molecule has 3 rings (SSSR count). The van der Waals surface area contributed by atoms with E-state index < -0.39 is 58.1 Å². The molecule has 0 aromatic carbocycles. The molecule has 0 aliphatic carbocycles. The zero-order valence-corrected chi connectivity index (χ0v) is 20.3. The Morgan fingerprint density at radius 2 is 2.12 bits per heavy atom. The Labute approximate surface area is 204 Å². The number of thiocarbonyl (C=S) groups is 1. The number of carboxylic acids is 1. The molecule has 1 aromatic heterocycles. The Kier molecular flexibility index (Phi) is 8.10.